The maximum atomic E-state index is 3.60. The highest BCUT2D eigenvalue weighted by Gasteiger charge is 2.13. The Bertz CT molecular complexity index is 343. The lowest BCUT2D eigenvalue weighted by molar-refractivity contribution is 0.263. The molecule has 1 aromatic rings. The quantitative estimate of drug-likeness (QED) is 0.771. The Labute approximate surface area is 119 Å². The first kappa shape index (κ1) is 16.2. The first-order valence-electron chi connectivity index (χ1n) is 7.57. The Morgan fingerprint density at radius 1 is 1.05 bits per heavy atom. The second kappa shape index (κ2) is 8.34. The van der Waals surface area contributed by atoms with Crippen LogP contribution in [0.1, 0.15) is 44.9 Å². The number of nitrogens with one attached hydrogen (secondary N) is 1. The van der Waals surface area contributed by atoms with Crippen LogP contribution in [-0.2, 0) is 6.42 Å². The summed E-state index contributed by atoms with van der Waals surface area (Å²) in [5, 5.41) is 3.60. The lowest BCUT2D eigenvalue weighted by Crippen LogP contribution is -2.34. The summed E-state index contributed by atoms with van der Waals surface area (Å²) in [6.07, 6.45) is 1.11. The van der Waals surface area contributed by atoms with Gasteiger partial charge in [0.05, 0.1) is 0 Å². The van der Waals surface area contributed by atoms with Gasteiger partial charge in [-0.15, -0.1) is 0 Å². The van der Waals surface area contributed by atoms with Crippen LogP contribution in [0.5, 0.6) is 0 Å². The van der Waals surface area contributed by atoms with Crippen LogP contribution in [0.2, 0.25) is 0 Å². The van der Waals surface area contributed by atoms with Crippen LogP contribution in [-0.4, -0.2) is 31.6 Å². The summed E-state index contributed by atoms with van der Waals surface area (Å²) in [7, 11) is 2.21. The summed E-state index contributed by atoms with van der Waals surface area (Å²) in [6, 6.07) is 9.48. The van der Waals surface area contributed by atoms with E-state index in [9.17, 15) is 0 Å². The predicted octanol–water partition coefficient (Wildman–Crippen LogP) is 3.49. The van der Waals surface area contributed by atoms with Crippen molar-refractivity contribution in [1.82, 2.24) is 10.2 Å². The number of hydrogen-bond donors (Lipinski definition) is 1. The average molecular weight is 262 g/mol. The number of likely N-dealkylation sites (N-methyl/N-ethyl adjacent to an activating group) is 2. The highest BCUT2D eigenvalue weighted by Crippen LogP contribution is 2.16. The lowest BCUT2D eigenvalue weighted by Gasteiger charge is -2.26. The SMILES string of the molecule is CCNC(CN(C)CC(C)C)c1ccc(CC)cc1. The monoisotopic (exact) mass is 262 g/mol. The Hall–Kier alpha value is -0.860. The van der Waals surface area contributed by atoms with Crippen molar-refractivity contribution in [2.45, 2.75) is 40.2 Å². The maximum absolute atomic E-state index is 3.60. The van der Waals surface area contributed by atoms with Crippen molar-refractivity contribution in [1.29, 1.82) is 0 Å². The Kier molecular flexibility index (Phi) is 7.11. The minimum atomic E-state index is 0.430. The van der Waals surface area contributed by atoms with Crippen LogP contribution in [0.15, 0.2) is 24.3 Å². The van der Waals surface area contributed by atoms with Crippen molar-refractivity contribution in [2.75, 3.05) is 26.7 Å². The van der Waals surface area contributed by atoms with Crippen LogP contribution in [0.4, 0.5) is 0 Å². The zero-order valence-corrected chi connectivity index (χ0v) is 13.2. The van der Waals surface area contributed by atoms with Gasteiger partial charge in [-0.05, 0) is 37.1 Å². The number of rotatable bonds is 8. The van der Waals surface area contributed by atoms with Gasteiger partial charge in [-0.1, -0.05) is 52.0 Å². The highest BCUT2D eigenvalue weighted by molar-refractivity contribution is 5.25. The third-order valence-electron chi connectivity index (χ3n) is 3.41. The molecule has 2 nitrogen and oxygen atoms in total. The first-order chi connectivity index (χ1) is 9.06. The van der Waals surface area contributed by atoms with E-state index in [2.05, 4.69) is 69.2 Å². The number of hydrogen-bond acceptors (Lipinski definition) is 2. The highest BCUT2D eigenvalue weighted by atomic mass is 15.1. The third-order valence-corrected chi connectivity index (χ3v) is 3.41. The summed E-state index contributed by atoms with van der Waals surface area (Å²) >= 11 is 0. The van der Waals surface area contributed by atoms with E-state index in [0.717, 1.165) is 32.0 Å². The maximum Gasteiger partial charge on any atom is 0.0449 e. The zero-order valence-electron chi connectivity index (χ0n) is 13.2. The average Bonchev–Trinajstić information content (AvgIpc) is 2.37. The van der Waals surface area contributed by atoms with Crippen molar-refractivity contribution < 1.29 is 0 Å². The van der Waals surface area contributed by atoms with Gasteiger partial charge in [-0.3, -0.25) is 0 Å². The molecule has 19 heavy (non-hydrogen) atoms. The van der Waals surface area contributed by atoms with Crippen molar-refractivity contribution in [3.8, 4) is 0 Å². The van der Waals surface area contributed by atoms with Crippen LogP contribution < -0.4 is 5.32 Å². The molecule has 108 valence electrons. The number of aryl methyl sites for hydroxylation is 1. The molecular weight excluding hydrogens is 232 g/mol. The van der Waals surface area contributed by atoms with E-state index in [1.807, 2.05) is 0 Å². The van der Waals surface area contributed by atoms with Gasteiger partial charge in [0.25, 0.3) is 0 Å². The fourth-order valence-electron chi connectivity index (χ4n) is 2.53. The fraction of sp³-hybridized carbons (Fsp3) is 0.647. The second-order valence-electron chi connectivity index (χ2n) is 5.82. The Balaban J connectivity index is 2.69. The standard InChI is InChI=1S/C17H30N2/c1-6-15-8-10-16(11-9-15)17(18-7-2)13-19(5)12-14(3)4/h8-11,14,17-18H,6-7,12-13H2,1-5H3. The van der Waals surface area contributed by atoms with Crippen molar-refractivity contribution in [2.24, 2.45) is 5.92 Å². The Morgan fingerprint density at radius 2 is 1.68 bits per heavy atom. The fourth-order valence-corrected chi connectivity index (χ4v) is 2.53. The molecule has 1 N–H and O–H groups in total. The molecule has 0 aliphatic carbocycles. The van der Waals surface area contributed by atoms with Crippen LogP contribution in [0.3, 0.4) is 0 Å². The molecule has 0 bridgehead atoms. The van der Waals surface area contributed by atoms with E-state index in [-0.39, 0.29) is 0 Å². The molecule has 0 heterocycles. The minimum absolute atomic E-state index is 0.430. The van der Waals surface area contributed by atoms with Gasteiger partial charge in [0.2, 0.25) is 0 Å². The topological polar surface area (TPSA) is 15.3 Å². The molecule has 0 fully saturated rings. The van der Waals surface area contributed by atoms with Gasteiger partial charge >= 0.3 is 0 Å². The van der Waals surface area contributed by atoms with Crippen molar-refractivity contribution >= 4 is 0 Å². The molecule has 1 unspecified atom stereocenters. The summed E-state index contributed by atoms with van der Waals surface area (Å²) in [5.74, 6) is 0.717. The molecule has 0 aliphatic heterocycles. The minimum Gasteiger partial charge on any atom is -0.309 e. The van der Waals surface area contributed by atoms with E-state index in [1.54, 1.807) is 0 Å². The van der Waals surface area contributed by atoms with Gasteiger partial charge in [-0.25, -0.2) is 0 Å². The Morgan fingerprint density at radius 3 is 2.16 bits per heavy atom. The molecule has 0 spiro atoms. The summed E-state index contributed by atoms with van der Waals surface area (Å²) < 4.78 is 0. The third kappa shape index (κ3) is 5.75. The summed E-state index contributed by atoms with van der Waals surface area (Å²) in [4.78, 5) is 2.42. The van der Waals surface area contributed by atoms with Gasteiger partial charge in [0.15, 0.2) is 0 Å². The molecule has 2 heteroatoms. The molecule has 0 radical (unpaired) electrons. The van der Waals surface area contributed by atoms with E-state index in [4.69, 9.17) is 0 Å². The van der Waals surface area contributed by atoms with E-state index in [1.165, 1.54) is 11.1 Å². The van der Waals surface area contributed by atoms with E-state index >= 15 is 0 Å². The molecule has 1 aromatic carbocycles. The zero-order chi connectivity index (χ0) is 14.3. The summed E-state index contributed by atoms with van der Waals surface area (Å²) in [6.45, 7) is 12.1. The largest absolute Gasteiger partial charge is 0.309 e. The van der Waals surface area contributed by atoms with Gasteiger partial charge < -0.3 is 10.2 Å². The van der Waals surface area contributed by atoms with Crippen LogP contribution in [0.25, 0.3) is 0 Å². The predicted molar refractivity (Wildman–Crippen MR) is 84.6 cm³/mol. The van der Waals surface area contributed by atoms with Gasteiger partial charge in [0, 0.05) is 19.1 Å². The second-order valence-corrected chi connectivity index (χ2v) is 5.82. The van der Waals surface area contributed by atoms with Crippen LogP contribution in [0, 0.1) is 5.92 Å². The van der Waals surface area contributed by atoms with Gasteiger partial charge in [-0.2, -0.15) is 0 Å². The number of nitrogens with zero attached hydrogens (tertiary/aromatic N) is 1. The van der Waals surface area contributed by atoms with Crippen molar-refractivity contribution in [3.05, 3.63) is 35.4 Å². The molecular formula is C17H30N2. The first-order valence-corrected chi connectivity index (χ1v) is 7.57. The molecule has 0 aromatic heterocycles. The number of benzene rings is 1. The van der Waals surface area contributed by atoms with Crippen LogP contribution >= 0.6 is 0 Å². The molecule has 0 saturated carbocycles. The lowest BCUT2D eigenvalue weighted by atomic mass is 10.0. The molecule has 0 aliphatic rings. The molecule has 0 saturated heterocycles. The van der Waals surface area contributed by atoms with E-state index in [0.29, 0.717) is 6.04 Å². The van der Waals surface area contributed by atoms with E-state index < -0.39 is 0 Å². The molecule has 1 atom stereocenters. The summed E-state index contributed by atoms with van der Waals surface area (Å²) in [5.41, 5.74) is 2.81. The van der Waals surface area contributed by atoms with Crippen molar-refractivity contribution in [3.63, 3.8) is 0 Å². The smallest absolute Gasteiger partial charge is 0.0449 e. The molecule has 1 rings (SSSR count). The normalized spacial score (nSPS) is 13.2. The molecule has 0 amide bonds. The van der Waals surface area contributed by atoms with Gasteiger partial charge in [0.1, 0.15) is 0 Å².